The van der Waals surface area contributed by atoms with Crippen LogP contribution in [0, 0.1) is 6.92 Å². The molecule has 0 amide bonds. The second-order valence-electron chi connectivity index (χ2n) is 4.75. The lowest BCUT2D eigenvalue weighted by Gasteiger charge is -2.12. The predicted molar refractivity (Wildman–Crippen MR) is 81.2 cm³/mol. The Balaban J connectivity index is 2.19. The van der Waals surface area contributed by atoms with Crippen molar-refractivity contribution >= 4 is 41.6 Å². The molecule has 2 rings (SSSR count). The number of carbonyl (C=O) groups excluding carboxylic acids is 1. The van der Waals surface area contributed by atoms with E-state index in [0.717, 1.165) is 12.8 Å². The highest BCUT2D eigenvalue weighted by Gasteiger charge is 2.22. The highest BCUT2D eigenvalue weighted by Crippen LogP contribution is 2.28. The lowest BCUT2D eigenvalue weighted by atomic mass is 10.1. The minimum Gasteiger partial charge on any atom is -0.459 e. The smallest absolute Gasteiger partial charge is 0.338 e. The zero-order chi connectivity index (χ0) is 15.6. The summed E-state index contributed by atoms with van der Waals surface area (Å²) in [7, 11) is 1.44. The van der Waals surface area contributed by atoms with E-state index in [1.54, 1.807) is 6.92 Å². The molecule has 0 aliphatic carbocycles. The Kier molecular flexibility index (Phi) is 5.29. The van der Waals surface area contributed by atoms with Gasteiger partial charge in [0.05, 0.1) is 16.6 Å². The first-order chi connectivity index (χ1) is 9.79. The van der Waals surface area contributed by atoms with Crippen molar-refractivity contribution in [3.8, 4) is 0 Å². The molecule has 0 aromatic heterocycles. The molecule has 0 radical (unpaired) electrons. The van der Waals surface area contributed by atoms with Gasteiger partial charge in [0.1, 0.15) is 6.61 Å². The zero-order valence-corrected chi connectivity index (χ0v) is 14.4. The van der Waals surface area contributed by atoms with E-state index in [4.69, 9.17) is 20.2 Å². The van der Waals surface area contributed by atoms with Crippen LogP contribution in [0.5, 0.6) is 0 Å². The summed E-state index contributed by atoms with van der Waals surface area (Å²) < 4.78 is 34.0. The molecule has 1 aromatic carbocycles. The van der Waals surface area contributed by atoms with E-state index in [1.807, 2.05) is 0 Å². The number of halogens is 2. The van der Waals surface area contributed by atoms with E-state index in [9.17, 15) is 13.2 Å². The second kappa shape index (κ2) is 6.64. The van der Waals surface area contributed by atoms with Crippen LogP contribution in [0.3, 0.4) is 0 Å². The number of benzene rings is 1. The van der Waals surface area contributed by atoms with Gasteiger partial charge in [0.25, 0.3) is 9.05 Å². The van der Waals surface area contributed by atoms with E-state index in [0.29, 0.717) is 16.6 Å². The van der Waals surface area contributed by atoms with E-state index < -0.39 is 15.0 Å². The monoisotopic (exact) mass is 396 g/mol. The maximum absolute atomic E-state index is 12.0. The first kappa shape index (κ1) is 16.7. The number of rotatable bonds is 4. The summed E-state index contributed by atoms with van der Waals surface area (Å²) in [6.45, 7) is 2.43. The Morgan fingerprint density at radius 2 is 2.24 bits per heavy atom. The van der Waals surface area contributed by atoms with Crippen molar-refractivity contribution in [3.05, 3.63) is 27.7 Å². The van der Waals surface area contributed by atoms with Crippen LogP contribution in [-0.4, -0.2) is 33.7 Å². The molecule has 0 saturated carbocycles. The molecule has 21 heavy (non-hydrogen) atoms. The summed E-state index contributed by atoms with van der Waals surface area (Å²) in [4.78, 5) is 11.9. The van der Waals surface area contributed by atoms with Crippen molar-refractivity contribution in [2.75, 3.05) is 13.2 Å². The Morgan fingerprint density at radius 3 is 2.81 bits per heavy atom. The number of hydrogen-bond acceptors (Lipinski definition) is 5. The van der Waals surface area contributed by atoms with Crippen molar-refractivity contribution in [1.82, 2.24) is 0 Å². The molecule has 5 nitrogen and oxygen atoms in total. The standard InChI is InChI=1S/C13H14BrClO5S/c1-8-11(14)5-9(6-12(8)21(15,17)18)13(16)20-7-10-3-2-4-19-10/h5-6,10H,2-4,7H2,1H3. The van der Waals surface area contributed by atoms with Crippen LogP contribution in [0.2, 0.25) is 0 Å². The summed E-state index contributed by atoms with van der Waals surface area (Å²) in [5.41, 5.74) is 0.574. The van der Waals surface area contributed by atoms with Crippen LogP contribution < -0.4 is 0 Å². The molecule has 0 N–H and O–H groups in total. The summed E-state index contributed by atoms with van der Waals surface area (Å²) in [6, 6.07) is 2.74. The summed E-state index contributed by atoms with van der Waals surface area (Å²) in [5.74, 6) is -0.604. The van der Waals surface area contributed by atoms with Gasteiger partial charge in [-0.2, -0.15) is 0 Å². The summed E-state index contributed by atoms with van der Waals surface area (Å²) in [5, 5.41) is 0. The third-order valence-electron chi connectivity index (χ3n) is 3.22. The Bertz CT molecular complexity index is 653. The Morgan fingerprint density at radius 1 is 1.52 bits per heavy atom. The van der Waals surface area contributed by atoms with E-state index in [1.165, 1.54) is 12.1 Å². The molecule has 1 heterocycles. The average molecular weight is 398 g/mol. The van der Waals surface area contributed by atoms with E-state index in [-0.39, 0.29) is 23.2 Å². The van der Waals surface area contributed by atoms with Crippen LogP contribution >= 0.6 is 26.6 Å². The van der Waals surface area contributed by atoms with Crippen LogP contribution in [0.15, 0.2) is 21.5 Å². The van der Waals surface area contributed by atoms with Crippen LogP contribution in [0.25, 0.3) is 0 Å². The fourth-order valence-corrected chi connectivity index (χ4v) is 3.87. The van der Waals surface area contributed by atoms with Gasteiger partial charge < -0.3 is 9.47 Å². The summed E-state index contributed by atoms with van der Waals surface area (Å²) >= 11 is 3.22. The highest BCUT2D eigenvalue weighted by atomic mass is 79.9. The first-order valence-corrected chi connectivity index (χ1v) is 9.43. The van der Waals surface area contributed by atoms with Crippen molar-refractivity contribution in [1.29, 1.82) is 0 Å². The number of carbonyl (C=O) groups is 1. The topological polar surface area (TPSA) is 69.7 Å². The van der Waals surface area contributed by atoms with Crippen LogP contribution in [0.4, 0.5) is 0 Å². The fourth-order valence-electron chi connectivity index (χ4n) is 2.05. The predicted octanol–water partition coefficient (Wildman–Crippen LogP) is 3.02. The van der Waals surface area contributed by atoms with Crippen molar-refractivity contribution in [3.63, 3.8) is 0 Å². The molecule has 0 spiro atoms. The molecule has 1 aromatic rings. The largest absolute Gasteiger partial charge is 0.459 e. The molecule has 1 saturated heterocycles. The molecule has 116 valence electrons. The van der Waals surface area contributed by atoms with Gasteiger partial charge in [-0.3, -0.25) is 0 Å². The molecule has 1 aliphatic heterocycles. The lowest BCUT2D eigenvalue weighted by molar-refractivity contribution is 0.0161. The molecule has 1 fully saturated rings. The maximum atomic E-state index is 12.0. The fraction of sp³-hybridized carbons (Fsp3) is 0.462. The molecule has 1 aliphatic rings. The number of hydrogen-bond donors (Lipinski definition) is 0. The normalized spacial score (nSPS) is 18.7. The minimum absolute atomic E-state index is 0.0842. The Hall–Kier alpha value is -0.630. The minimum atomic E-state index is -3.93. The molecule has 1 atom stereocenters. The van der Waals surface area contributed by atoms with Crippen molar-refractivity contribution < 1.29 is 22.7 Å². The van der Waals surface area contributed by atoms with Gasteiger partial charge in [0.15, 0.2) is 0 Å². The maximum Gasteiger partial charge on any atom is 0.338 e. The second-order valence-corrected chi connectivity index (χ2v) is 8.14. The molecule has 8 heteroatoms. The average Bonchev–Trinajstić information content (AvgIpc) is 2.90. The SMILES string of the molecule is Cc1c(Br)cc(C(=O)OCC2CCCO2)cc1S(=O)(=O)Cl. The quantitative estimate of drug-likeness (QED) is 0.577. The lowest BCUT2D eigenvalue weighted by Crippen LogP contribution is -2.18. The van der Waals surface area contributed by atoms with E-state index >= 15 is 0 Å². The van der Waals surface area contributed by atoms with Gasteiger partial charge >= 0.3 is 5.97 Å². The summed E-state index contributed by atoms with van der Waals surface area (Å²) in [6.07, 6.45) is 1.72. The van der Waals surface area contributed by atoms with Gasteiger partial charge in [-0.15, -0.1) is 0 Å². The van der Waals surface area contributed by atoms with Gasteiger partial charge in [0, 0.05) is 21.8 Å². The molecular formula is C13H14BrClO5S. The van der Waals surface area contributed by atoms with Gasteiger partial charge in [-0.25, -0.2) is 13.2 Å². The first-order valence-electron chi connectivity index (χ1n) is 6.32. The number of ether oxygens (including phenoxy) is 2. The highest BCUT2D eigenvalue weighted by molar-refractivity contribution is 9.10. The molecular weight excluding hydrogens is 384 g/mol. The van der Waals surface area contributed by atoms with Gasteiger partial charge in [0.2, 0.25) is 0 Å². The third-order valence-corrected chi connectivity index (χ3v) is 5.49. The van der Waals surface area contributed by atoms with Crippen LogP contribution in [0.1, 0.15) is 28.8 Å². The van der Waals surface area contributed by atoms with Crippen LogP contribution in [-0.2, 0) is 18.5 Å². The Labute approximate surface area is 136 Å². The molecule has 1 unspecified atom stereocenters. The van der Waals surface area contributed by atoms with Crippen molar-refractivity contribution in [2.45, 2.75) is 30.8 Å². The number of esters is 1. The van der Waals surface area contributed by atoms with E-state index in [2.05, 4.69) is 15.9 Å². The van der Waals surface area contributed by atoms with Gasteiger partial charge in [-0.1, -0.05) is 15.9 Å². The zero-order valence-electron chi connectivity index (χ0n) is 11.3. The third kappa shape index (κ3) is 4.18. The van der Waals surface area contributed by atoms with Gasteiger partial charge in [-0.05, 0) is 37.5 Å². The van der Waals surface area contributed by atoms with Crippen molar-refractivity contribution in [2.24, 2.45) is 0 Å². The molecule has 0 bridgehead atoms.